The van der Waals surface area contributed by atoms with Gasteiger partial charge in [0.15, 0.2) is 0 Å². The zero-order chi connectivity index (χ0) is 16.9. The third-order valence-electron chi connectivity index (χ3n) is 5.88. The van der Waals surface area contributed by atoms with E-state index in [1.165, 1.54) is 32.1 Å². The first-order chi connectivity index (χ1) is 11.6. The zero-order valence-corrected chi connectivity index (χ0v) is 14.3. The Hall–Kier alpha value is -0.910. The Bertz CT molecular complexity index is 443. The molecule has 5 atom stereocenters. The second-order valence-electron chi connectivity index (χ2n) is 7.63. The predicted octanol–water partition coefficient (Wildman–Crippen LogP) is 2.77. The van der Waals surface area contributed by atoms with Gasteiger partial charge in [0, 0.05) is 11.8 Å². The summed E-state index contributed by atoms with van der Waals surface area (Å²) in [4.78, 5) is 10.6. The van der Waals surface area contributed by atoms with Crippen LogP contribution in [0.1, 0.15) is 51.4 Å². The molecule has 2 bridgehead atoms. The smallest absolute Gasteiger partial charge is 0.329 e. The largest absolute Gasteiger partial charge is 0.480 e. The van der Waals surface area contributed by atoms with E-state index in [9.17, 15) is 9.90 Å². The lowest BCUT2D eigenvalue weighted by Crippen LogP contribution is -2.30. The molecule has 2 heterocycles. The van der Waals surface area contributed by atoms with E-state index < -0.39 is 5.97 Å². The van der Waals surface area contributed by atoms with E-state index >= 15 is 0 Å². The van der Waals surface area contributed by atoms with Gasteiger partial charge in [0.05, 0.1) is 24.9 Å². The van der Waals surface area contributed by atoms with Gasteiger partial charge in [-0.05, 0) is 25.2 Å². The van der Waals surface area contributed by atoms with E-state index in [1.807, 2.05) is 6.08 Å². The van der Waals surface area contributed by atoms with Crippen LogP contribution in [0.4, 0.5) is 0 Å². The summed E-state index contributed by atoms with van der Waals surface area (Å²) in [5.74, 6) is 0.165. The van der Waals surface area contributed by atoms with Gasteiger partial charge in [0.25, 0.3) is 0 Å². The van der Waals surface area contributed by atoms with Gasteiger partial charge < -0.3 is 19.7 Å². The van der Waals surface area contributed by atoms with E-state index in [0.29, 0.717) is 12.5 Å². The Morgan fingerprint density at radius 1 is 1.17 bits per heavy atom. The van der Waals surface area contributed by atoms with Gasteiger partial charge in [-0.25, -0.2) is 4.79 Å². The number of fused-ring (bicyclic) bond motifs is 2. The highest BCUT2D eigenvalue weighted by Gasteiger charge is 2.47. The maximum atomic E-state index is 10.6. The standard InChI is InChI=1S/C19H30O5/c20-14(10-13-4-2-1-3-5-13)6-7-15-16(11-23-12-19(21)22)18-9-8-17(15)24-18/h6-7,13-18,20H,1-5,8-12H2,(H,21,22)/b7-6+/t14?,15-,16-,17+,18-/m1/s1. The molecule has 3 fully saturated rings. The number of aliphatic carboxylic acids is 1. The van der Waals surface area contributed by atoms with Crippen molar-refractivity contribution in [3.63, 3.8) is 0 Å². The summed E-state index contributed by atoms with van der Waals surface area (Å²) in [6.07, 6.45) is 13.4. The minimum atomic E-state index is -0.936. The normalized spacial score (nSPS) is 34.9. The Labute approximate surface area is 144 Å². The third kappa shape index (κ3) is 4.58. The summed E-state index contributed by atoms with van der Waals surface area (Å²) in [5.41, 5.74) is 0. The maximum Gasteiger partial charge on any atom is 0.329 e. The molecule has 2 N–H and O–H groups in total. The van der Waals surface area contributed by atoms with Gasteiger partial charge >= 0.3 is 5.97 Å². The molecule has 0 aromatic rings. The minimum Gasteiger partial charge on any atom is -0.480 e. The number of carboxylic acid groups (broad SMARTS) is 1. The van der Waals surface area contributed by atoms with Gasteiger partial charge in [-0.15, -0.1) is 0 Å². The molecule has 3 aliphatic rings. The number of carboxylic acids is 1. The summed E-state index contributed by atoms with van der Waals surface area (Å²) in [5, 5.41) is 19.0. The highest BCUT2D eigenvalue weighted by Crippen LogP contribution is 2.44. The number of hydrogen-bond acceptors (Lipinski definition) is 4. The molecule has 3 rings (SSSR count). The van der Waals surface area contributed by atoms with E-state index in [1.54, 1.807) is 0 Å². The van der Waals surface area contributed by atoms with Crippen LogP contribution in [0.2, 0.25) is 0 Å². The van der Waals surface area contributed by atoms with Crippen LogP contribution in [0.15, 0.2) is 12.2 Å². The summed E-state index contributed by atoms with van der Waals surface area (Å²) >= 11 is 0. The minimum absolute atomic E-state index is 0.175. The SMILES string of the molecule is O=C(O)COC[C@@H]1[C@@H](/C=C/C(O)CC2CCCCC2)[C@@H]2CC[C@H]1O2. The molecular formula is C19H30O5. The molecule has 0 amide bonds. The number of aliphatic hydroxyl groups is 1. The van der Waals surface area contributed by atoms with Crippen LogP contribution in [0.3, 0.4) is 0 Å². The highest BCUT2D eigenvalue weighted by atomic mass is 16.5. The second-order valence-corrected chi connectivity index (χ2v) is 7.63. The zero-order valence-electron chi connectivity index (χ0n) is 14.3. The average molecular weight is 338 g/mol. The van der Waals surface area contributed by atoms with Crippen molar-refractivity contribution < 1.29 is 24.5 Å². The molecule has 1 aliphatic carbocycles. The Kier molecular flexibility index (Phi) is 6.31. The van der Waals surface area contributed by atoms with Crippen molar-refractivity contribution >= 4 is 5.97 Å². The van der Waals surface area contributed by atoms with Crippen molar-refractivity contribution in [1.29, 1.82) is 0 Å². The lowest BCUT2D eigenvalue weighted by molar-refractivity contribution is -0.143. The van der Waals surface area contributed by atoms with Crippen LogP contribution in [-0.2, 0) is 14.3 Å². The predicted molar refractivity (Wildman–Crippen MR) is 89.7 cm³/mol. The first kappa shape index (κ1) is 17.9. The lowest BCUT2D eigenvalue weighted by atomic mass is 9.79. The lowest BCUT2D eigenvalue weighted by Gasteiger charge is -2.26. The molecule has 5 nitrogen and oxygen atoms in total. The molecule has 2 aliphatic heterocycles. The summed E-state index contributed by atoms with van der Waals surface area (Å²) in [6, 6.07) is 0. The Balaban J connectivity index is 1.50. The van der Waals surface area contributed by atoms with Gasteiger partial charge in [0.1, 0.15) is 6.61 Å². The van der Waals surface area contributed by atoms with Crippen molar-refractivity contribution in [3.05, 3.63) is 12.2 Å². The molecule has 1 unspecified atom stereocenters. The number of aliphatic hydroxyl groups excluding tert-OH is 1. The highest BCUT2D eigenvalue weighted by molar-refractivity contribution is 5.67. The monoisotopic (exact) mass is 338 g/mol. The molecule has 136 valence electrons. The molecule has 24 heavy (non-hydrogen) atoms. The van der Waals surface area contributed by atoms with Crippen LogP contribution in [0, 0.1) is 17.8 Å². The van der Waals surface area contributed by atoms with E-state index in [-0.39, 0.29) is 36.8 Å². The van der Waals surface area contributed by atoms with Crippen molar-refractivity contribution in [2.75, 3.05) is 13.2 Å². The molecule has 0 spiro atoms. The van der Waals surface area contributed by atoms with Crippen LogP contribution >= 0.6 is 0 Å². The fourth-order valence-electron chi connectivity index (χ4n) is 4.68. The molecule has 1 saturated carbocycles. The second kappa shape index (κ2) is 8.45. The van der Waals surface area contributed by atoms with Crippen molar-refractivity contribution in [2.45, 2.75) is 69.7 Å². The third-order valence-corrected chi connectivity index (χ3v) is 5.88. The van der Waals surface area contributed by atoms with Crippen LogP contribution < -0.4 is 0 Å². The summed E-state index contributed by atoms with van der Waals surface area (Å²) in [7, 11) is 0. The first-order valence-corrected chi connectivity index (χ1v) is 9.45. The molecule has 0 aromatic heterocycles. The molecule has 0 radical (unpaired) electrons. The average Bonchev–Trinajstić information content (AvgIpc) is 3.15. The van der Waals surface area contributed by atoms with Gasteiger partial charge in [-0.3, -0.25) is 0 Å². The number of rotatable bonds is 8. The van der Waals surface area contributed by atoms with Gasteiger partial charge in [0.2, 0.25) is 0 Å². The van der Waals surface area contributed by atoms with Crippen molar-refractivity contribution in [2.24, 2.45) is 17.8 Å². The fourth-order valence-corrected chi connectivity index (χ4v) is 4.68. The molecule has 5 heteroatoms. The first-order valence-electron chi connectivity index (χ1n) is 9.45. The van der Waals surface area contributed by atoms with Crippen molar-refractivity contribution in [3.8, 4) is 0 Å². The summed E-state index contributed by atoms with van der Waals surface area (Å²) in [6.45, 7) is 0.163. The Morgan fingerprint density at radius 3 is 2.67 bits per heavy atom. The summed E-state index contributed by atoms with van der Waals surface area (Å²) < 4.78 is 11.3. The fraction of sp³-hybridized carbons (Fsp3) is 0.842. The van der Waals surface area contributed by atoms with Crippen LogP contribution in [0.25, 0.3) is 0 Å². The quantitative estimate of drug-likeness (QED) is 0.666. The number of ether oxygens (including phenoxy) is 2. The molecule has 2 saturated heterocycles. The van der Waals surface area contributed by atoms with Crippen LogP contribution in [0.5, 0.6) is 0 Å². The van der Waals surface area contributed by atoms with Gasteiger partial charge in [-0.1, -0.05) is 44.3 Å². The van der Waals surface area contributed by atoms with Gasteiger partial charge in [-0.2, -0.15) is 0 Å². The molecular weight excluding hydrogens is 308 g/mol. The van der Waals surface area contributed by atoms with Crippen LogP contribution in [-0.4, -0.2) is 47.7 Å². The number of hydrogen-bond donors (Lipinski definition) is 2. The van der Waals surface area contributed by atoms with E-state index in [0.717, 1.165) is 19.3 Å². The topological polar surface area (TPSA) is 76.0 Å². The molecule has 0 aromatic carbocycles. The maximum absolute atomic E-state index is 10.6. The van der Waals surface area contributed by atoms with E-state index in [2.05, 4.69) is 6.08 Å². The number of carbonyl (C=O) groups is 1. The Morgan fingerprint density at radius 2 is 1.92 bits per heavy atom. The van der Waals surface area contributed by atoms with Crippen molar-refractivity contribution in [1.82, 2.24) is 0 Å². The van der Waals surface area contributed by atoms with E-state index in [4.69, 9.17) is 14.6 Å².